The number of nitrogens with two attached hydrogens (primary N) is 1. The number of amides is 1. The van der Waals surface area contributed by atoms with Crippen LogP contribution < -0.4 is 37.5 Å². The topological polar surface area (TPSA) is 347 Å². The highest BCUT2D eigenvalue weighted by Gasteiger charge is 2.44. The fraction of sp³-hybridized carbons (Fsp3) is 0.229. The molecule has 13 rings (SSSR count). The molecule has 40 heteroatoms. The number of nitriles is 4. The van der Waals surface area contributed by atoms with Crippen LogP contribution in [-0.4, -0.2) is 86.8 Å². The third kappa shape index (κ3) is 19.4. The quantitative estimate of drug-likeness (QED) is 0.0536. The zero-order chi connectivity index (χ0) is 81.6. The van der Waals surface area contributed by atoms with Gasteiger partial charge in [-0.15, -0.1) is 15.3 Å². The number of benzene rings is 6. The molecule has 7 heterocycles. The molecule has 0 saturated carbocycles. The highest BCUT2D eigenvalue weighted by molar-refractivity contribution is 14.2. The van der Waals surface area contributed by atoms with E-state index in [0.29, 0.717) is 52.5 Å². The van der Waals surface area contributed by atoms with Gasteiger partial charge in [0.1, 0.15) is 18.1 Å². The summed E-state index contributed by atoms with van der Waals surface area (Å²) < 4.78 is 131. The van der Waals surface area contributed by atoms with Crippen LogP contribution >= 0.6 is 138 Å². The number of H-pyrrole nitrogens is 3. The summed E-state index contributed by atoms with van der Waals surface area (Å²) in [5.41, 5.74) is 3.83. The van der Waals surface area contributed by atoms with Crippen LogP contribution in [0.1, 0.15) is 102 Å². The number of carbonyl (C=O) groups is 2. The van der Waals surface area contributed by atoms with Crippen LogP contribution in [0.15, 0.2) is 189 Å². The molecular formula is C70H55Br3F9I4N17O7. The van der Waals surface area contributed by atoms with Crippen molar-refractivity contribution in [3.63, 3.8) is 0 Å². The number of allylic oxidation sites excluding steroid dienone is 4. The summed E-state index contributed by atoms with van der Waals surface area (Å²) in [6, 6.07) is 32.0. The number of aliphatic carboxylic acids is 1. The maximum atomic E-state index is 13.3. The van der Waals surface area contributed by atoms with Crippen LogP contribution in [-0.2, 0) is 32.9 Å². The fourth-order valence-electron chi connectivity index (χ4n) is 11.8. The van der Waals surface area contributed by atoms with E-state index in [1.165, 1.54) is 115 Å². The van der Waals surface area contributed by atoms with E-state index in [9.17, 15) is 73.9 Å². The molecule has 3 aromatic heterocycles. The Hall–Kier alpha value is -8.65. The van der Waals surface area contributed by atoms with Crippen LogP contribution in [0.5, 0.6) is 0 Å². The van der Waals surface area contributed by atoms with E-state index in [1.54, 1.807) is 31.2 Å². The second-order valence-electron chi connectivity index (χ2n) is 22.7. The number of anilines is 6. The summed E-state index contributed by atoms with van der Waals surface area (Å²) in [5, 5.41) is 66.3. The minimum absolute atomic E-state index is 0.0151. The molecule has 4 aliphatic rings. The van der Waals surface area contributed by atoms with E-state index < -0.39 is 82.3 Å². The molecule has 1 fully saturated rings. The van der Waals surface area contributed by atoms with Crippen molar-refractivity contribution in [2.45, 2.75) is 70.3 Å². The molecule has 0 bridgehead atoms. The molecule has 3 unspecified atom stereocenters. The number of carbonyl (C=O) groups excluding carboxylic acids is 1. The highest BCUT2D eigenvalue weighted by Crippen LogP contribution is 2.48. The van der Waals surface area contributed by atoms with Crippen molar-refractivity contribution >= 4 is 185 Å². The van der Waals surface area contributed by atoms with Gasteiger partial charge in [-0.3, -0.25) is 19.5 Å². The third-order valence-electron chi connectivity index (χ3n) is 16.4. The Kier molecular flexibility index (Phi) is 31.0. The molecule has 4 aliphatic heterocycles. The SMILES string of the molecule is C1CCOC1.CC1=C(C#N)C(c2ccc(C#N)cc2Br)n2c(n[nH]c2=O)N1c1cccc(C(F)(F)F)c1.CC1=C(C(=O)O)C(c2ccc(C#N)cc2Br)n2c(n[nH]c2=O)N1c1cccc(C(F)(F)F)c1.CC1=C(C(N)=O)C(c2ccc(C#N)cc2Br)n2c(n[nH]c2=O)N1c1cccc(C(F)(F)F)c1.CI.CI.ICI. The summed E-state index contributed by atoms with van der Waals surface area (Å²) in [4.78, 5) is 70.8. The number of carboxylic acid groups (broad SMARTS) is 1. The minimum Gasteiger partial charge on any atom is -0.478 e. The van der Waals surface area contributed by atoms with Gasteiger partial charge in [0.2, 0.25) is 23.8 Å². The number of hydrogen-bond acceptors (Lipinski definition) is 16. The number of halogens is 16. The van der Waals surface area contributed by atoms with E-state index in [2.05, 4.69) is 175 Å². The van der Waals surface area contributed by atoms with Gasteiger partial charge in [-0.05, 0) is 151 Å². The van der Waals surface area contributed by atoms with Crippen LogP contribution in [0.2, 0.25) is 0 Å². The van der Waals surface area contributed by atoms with Gasteiger partial charge < -0.3 is 15.6 Å². The summed E-state index contributed by atoms with van der Waals surface area (Å²) in [7, 11) is 0. The summed E-state index contributed by atoms with van der Waals surface area (Å²) in [5.74, 6) is -2.31. The first kappa shape index (κ1) is 88.6. The van der Waals surface area contributed by atoms with Gasteiger partial charge in [-0.2, -0.15) is 60.6 Å². The van der Waals surface area contributed by atoms with E-state index in [4.69, 9.17) is 26.3 Å². The predicted molar refractivity (Wildman–Crippen MR) is 434 cm³/mol. The molecule has 3 atom stereocenters. The molecule has 0 spiro atoms. The molecule has 1 saturated heterocycles. The zero-order valence-electron chi connectivity index (χ0n) is 57.2. The number of primary amides is 1. The van der Waals surface area contributed by atoms with Crippen molar-refractivity contribution < 1.29 is 58.9 Å². The van der Waals surface area contributed by atoms with E-state index >= 15 is 0 Å². The Bertz CT molecular complexity index is 5190. The first-order valence-corrected chi connectivity index (χ1v) is 40.9. The van der Waals surface area contributed by atoms with Crippen LogP contribution in [0.4, 0.5) is 74.4 Å². The number of aromatic nitrogens is 9. The Morgan fingerprint density at radius 3 is 1.08 bits per heavy atom. The number of ether oxygens (including phenoxy) is 1. The first-order chi connectivity index (χ1) is 52.2. The standard InChI is InChI=1S/C21H14BrF3N6O2.C21H12BrF3N6O.C21H13BrF3N5O3.C4H8O.CH2I2.2CH3I/c1-10-16(18(27)32)17(14-6-5-11(9-26)7-15(14)22)31-19(28-29-20(31)33)30(10)13-4-2-3-12(8-13)21(23,24)25;1-11-16(10-27)18(15-6-5-12(9-26)7-17(15)22)31-19(28-29-20(31)32)30(11)14-4-2-3-13(8-14)21(23,24)25;1-10-16(18(31)32)17(14-6-5-11(9-26)7-15(14)22)30-19(27-28-20(30)33)29(10)13-4-2-3-12(8-13)21(23,24)25;1-2-4-5-3-1;2-1-3;2*1-2/h2-8,17H,1H3,(H2,27,32)(H,29,33);2-8,18H,1H3,(H,29,32);2-8,17H,1H3,(H,28,33)(H,31,32);1-4H2;1H2;2*1H3. The monoisotopic (exact) mass is 2160 g/mol. The lowest BCUT2D eigenvalue weighted by atomic mass is 9.93. The Morgan fingerprint density at radius 2 is 0.809 bits per heavy atom. The fourth-order valence-corrected chi connectivity index (χ4v) is 13.6. The zero-order valence-corrected chi connectivity index (χ0v) is 70.6. The van der Waals surface area contributed by atoms with Gasteiger partial charge in [-0.1, -0.05) is 175 Å². The Labute approximate surface area is 699 Å². The predicted octanol–water partition coefficient (Wildman–Crippen LogP) is 17.5. The lowest BCUT2D eigenvalue weighted by molar-refractivity contribution is -0.138. The molecule has 574 valence electrons. The third-order valence-corrected chi connectivity index (χ3v) is 18.5. The maximum absolute atomic E-state index is 13.3. The molecule has 6 aromatic carbocycles. The molecular weight excluding hydrogens is 2110 g/mol. The smallest absolute Gasteiger partial charge is 0.416 e. The number of aromatic amines is 3. The number of fused-ring (bicyclic) bond motifs is 3. The van der Waals surface area contributed by atoms with Gasteiger partial charge >= 0.3 is 41.6 Å². The molecule has 0 aliphatic carbocycles. The second-order valence-corrected chi connectivity index (χ2v) is 29.7. The van der Waals surface area contributed by atoms with Gasteiger partial charge in [-0.25, -0.2) is 48.2 Å². The number of hydrogen-bond donors (Lipinski definition) is 5. The van der Waals surface area contributed by atoms with E-state index in [0.717, 1.165) is 58.7 Å². The average molecular weight is 2160 g/mol. The molecule has 9 aromatic rings. The Balaban J connectivity index is 0.000000213. The van der Waals surface area contributed by atoms with Gasteiger partial charge in [0.05, 0.1) is 76.8 Å². The summed E-state index contributed by atoms with van der Waals surface area (Å²) >= 11 is 18.9. The molecule has 24 nitrogen and oxygen atoms in total. The van der Waals surface area contributed by atoms with Gasteiger partial charge in [0.15, 0.2) is 0 Å². The lowest BCUT2D eigenvalue weighted by Gasteiger charge is -2.35. The number of alkyl halides is 13. The Morgan fingerprint density at radius 1 is 0.509 bits per heavy atom. The lowest BCUT2D eigenvalue weighted by Crippen LogP contribution is -2.39. The highest BCUT2D eigenvalue weighted by atomic mass is 127. The second kappa shape index (κ2) is 38.5. The largest absolute Gasteiger partial charge is 0.478 e. The van der Waals surface area contributed by atoms with Gasteiger partial charge in [0.25, 0.3) is 0 Å². The number of carboxylic acids is 1. The van der Waals surface area contributed by atoms with Crippen LogP contribution in [0.3, 0.4) is 0 Å². The summed E-state index contributed by atoms with van der Waals surface area (Å²) in [6.07, 6.45) is -11.2. The molecule has 1 amide bonds. The van der Waals surface area contributed by atoms with Crippen molar-refractivity contribution in [2.75, 3.05) is 40.2 Å². The molecule has 6 N–H and O–H groups in total. The first-order valence-electron chi connectivity index (χ1n) is 31.2. The normalized spacial score (nSPS) is 15.5. The molecule has 0 radical (unpaired) electrons. The summed E-state index contributed by atoms with van der Waals surface area (Å²) in [6.45, 7) is 6.51. The number of rotatable bonds is 8. The molecule has 110 heavy (non-hydrogen) atoms. The van der Waals surface area contributed by atoms with Crippen molar-refractivity contribution in [1.29, 1.82) is 21.0 Å². The number of nitrogens with one attached hydrogen (secondary N) is 3. The van der Waals surface area contributed by atoms with Crippen molar-refractivity contribution in [1.82, 2.24) is 44.3 Å². The van der Waals surface area contributed by atoms with E-state index in [-0.39, 0.29) is 63.0 Å². The van der Waals surface area contributed by atoms with Crippen LogP contribution in [0.25, 0.3) is 0 Å². The van der Waals surface area contributed by atoms with Crippen molar-refractivity contribution in [3.8, 4) is 24.3 Å². The van der Waals surface area contributed by atoms with Crippen molar-refractivity contribution in [2.24, 2.45) is 5.73 Å². The van der Waals surface area contributed by atoms with Gasteiger partial charge in [0, 0.05) is 60.8 Å². The minimum atomic E-state index is -4.62. The number of nitrogens with zero attached hydrogens (tertiary/aromatic N) is 13. The average Bonchev–Trinajstić information content (AvgIpc) is 1.46. The maximum Gasteiger partial charge on any atom is 0.416 e. The van der Waals surface area contributed by atoms with E-state index in [1.807, 2.05) is 28.1 Å². The van der Waals surface area contributed by atoms with Crippen molar-refractivity contribution in [3.05, 3.63) is 256 Å². The van der Waals surface area contributed by atoms with Crippen LogP contribution in [0, 0.1) is 45.3 Å².